The van der Waals surface area contributed by atoms with Crippen LogP contribution in [0.3, 0.4) is 0 Å². The second-order valence-corrected chi connectivity index (χ2v) is 11.6. The predicted molar refractivity (Wildman–Crippen MR) is 154 cm³/mol. The number of carbonyl (C=O) groups is 2. The van der Waals surface area contributed by atoms with Crippen LogP contribution in [0.5, 0.6) is 5.75 Å². The van der Waals surface area contributed by atoms with Gasteiger partial charge < -0.3 is 15.0 Å². The van der Waals surface area contributed by atoms with Gasteiger partial charge in [-0.3, -0.25) is 13.9 Å². The smallest absolute Gasteiger partial charge is 0.264 e. The fourth-order valence-electron chi connectivity index (χ4n) is 3.98. The second-order valence-electron chi connectivity index (χ2n) is 8.44. The molecule has 2 amide bonds. The third-order valence-electron chi connectivity index (χ3n) is 6.02. The maximum absolute atomic E-state index is 13.9. The summed E-state index contributed by atoms with van der Waals surface area (Å²) in [5.41, 5.74) is 0.692. The average Bonchev–Trinajstić information content (AvgIpc) is 2.92. The number of likely N-dealkylation sites (N-methyl/N-ethyl adjacent to an activating group) is 1. The summed E-state index contributed by atoms with van der Waals surface area (Å²) in [6.07, 6.45) is 0.274. The van der Waals surface area contributed by atoms with Crippen molar-refractivity contribution in [2.45, 2.75) is 30.8 Å². The molecular formula is C27H28Cl3N3O5S. The third-order valence-corrected chi connectivity index (χ3v) is 8.69. The summed E-state index contributed by atoms with van der Waals surface area (Å²) in [5.74, 6) is -0.683. The standard InChI is InChI=1S/C27H28Cl3N3O5S/c1-4-24(27(35)31-2)32(16-18-10-11-19(28)14-22(18)29)26(34)17-33(20-12-13-25(38-3)23(30)15-20)39(36,37)21-8-6-5-7-9-21/h5-15,24H,4,16-17H2,1-3H3,(H,31,35)/t24-/m0/s1. The Morgan fingerprint density at radius 3 is 2.23 bits per heavy atom. The Bertz CT molecular complexity index is 1440. The zero-order valence-corrected chi connectivity index (χ0v) is 24.6. The lowest BCUT2D eigenvalue weighted by Gasteiger charge is -2.33. The monoisotopic (exact) mass is 611 g/mol. The first kappa shape index (κ1) is 30.6. The zero-order chi connectivity index (χ0) is 28.7. The normalized spacial score (nSPS) is 11.9. The fraction of sp³-hybridized carbons (Fsp3) is 0.259. The van der Waals surface area contributed by atoms with E-state index in [0.717, 1.165) is 4.31 Å². The SMILES string of the molecule is CC[C@@H](C(=O)NC)N(Cc1ccc(Cl)cc1Cl)C(=O)CN(c1ccc(OC)c(Cl)c1)S(=O)(=O)c1ccccc1. The van der Waals surface area contributed by atoms with E-state index < -0.39 is 34.4 Å². The molecule has 0 aliphatic rings. The summed E-state index contributed by atoms with van der Waals surface area (Å²) in [4.78, 5) is 28.0. The molecule has 3 aromatic rings. The van der Waals surface area contributed by atoms with Crippen molar-refractivity contribution < 1.29 is 22.7 Å². The van der Waals surface area contributed by atoms with E-state index in [1.165, 1.54) is 55.5 Å². The maximum Gasteiger partial charge on any atom is 0.264 e. The molecule has 0 radical (unpaired) electrons. The Labute approximate surface area is 243 Å². The van der Waals surface area contributed by atoms with Gasteiger partial charge in [0.25, 0.3) is 10.0 Å². The minimum absolute atomic E-state index is 0.0182. The summed E-state index contributed by atoms with van der Waals surface area (Å²) >= 11 is 18.7. The number of carbonyl (C=O) groups excluding carboxylic acids is 2. The summed E-state index contributed by atoms with van der Waals surface area (Å²) in [5, 5.41) is 3.46. The Hall–Kier alpha value is -2.98. The Morgan fingerprint density at radius 1 is 0.974 bits per heavy atom. The number of hydrogen-bond acceptors (Lipinski definition) is 5. The predicted octanol–water partition coefficient (Wildman–Crippen LogP) is 5.40. The average molecular weight is 613 g/mol. The minimum atomic E-state index is -4.22. The first-order valence-corrected chi connectivity index (χ1v) is 14.5. The number of benzene rings is 3. The van der Waals surface area contributed by atoms with E-state index in [0.29, 0.717) is 21.4 Å². The van der Waals surface area contributed by atoms with E-state index >= 15 is 0 Å². The molecule has 0 aromatic heterocycles. The highest BCUT2D eigenvalue weighted by Gasteiger charge is 2.34. The molecule has 0 fully saturated rings. The highest BCUT2D eigenvalue weighted by Crippen LogP contribution is 2.32. The molecule has 0 aliphatic carbocycles. The van der Waals surface area contributed by atoms with Crippen LogP contribution in [0.15, 0.2) is 71.6 Å². The Balaban J connectivity index is 2.10. The van der Waals surface area contributed by atoms with Crippen LogP contribution in [0.1, 0.15) is 18.9 Å². The van der Waals surface area contributed by atoms with E-state index in [4.69, 9.17) is 39.5 Å². The molecule has 1 atom stereocenters. The van der Waals surface area contributed by atoms with Crippen LogP contribution in [0.25, 0.3) is 0 Å². The summed E-state index contributed by atoms with van der Waals surface area (Å²) in [6, 6.07) is 16.1. The van der Waals surface area contributed by atoms with Crippen LogP contribution in [0.2, 0.25) is 15.1 Å². The van der Waals surface area contributed by atoms with E-state index in [1.54, 1.807) is 37.3 Å². The first-order chi connectivity index (χ1) is 18.5. The van der Waals surface area contributed by atoms with Crippen LogP contribution in [0.4, 0.5) is 5.69 Å². The summed E-state index contributed by atoms with van der Waals surface area (Å²) in [6.45, 7) is 1.09. The number of amides is 2. The number of anilines is 1. The third kappa shape index (κ3) is 7.16. The fourth-order valence-corrected chi connectivity index (χ4v) is 6.13. The maximum atomic E-state index is 13.9. The van der Waals surface area contributed by atoms with Crippen molar-refractivity contribution >= 4 is 62.3 Å². The molecule has 3 aromatic carbocycles. The van der Waals surface area contributed by atoms with Crippen LogP contribution in [0, 0.1) is 0 Å². The van der Waals surface area contributed by atoms with E-state index in [2.05, 4.69) is 5.32 Å². The van der Waals surface area contributed by atoms with E-state index in [-0.39, 0.29) is 28.6 Å². The lowest BCUT2D eigenvalue weighted by atomic mass is 10.1. The van der Waals surface area contributed by atoms with Gasteiger partial charge in [0, 0.05) is 23.6 Å². The molecular weight excluding hydrogens is 585 g/mol. The van der Waals surface area contributed by atoms with Crippen molar-refractivity contribution in [2.24, 2.45) is 0 Å². The van der Waals surface area contributed by atoms with E-state index in [9.17, 15) is 18.0 Å². The number of nitrogens with one attached hydrogen (secondary N) is 1. The van der Waals surface area contributed by atoms with Crippen molar-refractivity contribution in [1.29, 1.82) is 0 Å². The molecule has 0 unspecified atom stereocenters. The van der Waals surface area contributed by atoms with Gasteiger partial charge in [0.1, 0.15) is 18.3 Å². The van der Waals surface area contributed by atoms with Crippen LogP contribution in [-0.2, 0) is 26.2 Å². The molecule has 0 bridgehead atoms. The van der Waals surface area contributed by atoms with Crippen molar-refractivity contribution in [3.05, 3.63) is 87.4 Å². The van der Waals surface area contributed by atoms with Crippen molar-refractivity contribution in [2.75, 3.05) is 25.0 Å². The Morgan fingerprint density at radius 2 is 1.67 bits per heavy atom. The number of ether oxygens (including phenoxy) is 1. The molecule has 0 heterocycles. The number of nitrogens with zero attached hydrogens (tertiary/aromatic N) is 2. The van der Waals surface area contributed by atoms with Gasteiger partial charge in [0.05, 0.1) is 22.7 Å². The molecule has 0 spiro atoms. The number of methoxy groups -OCH3 is 1. The highest BCUT2D eigenvalue weighted by molar-refractivity contribution is 7.92. The highest BCUT2D eigenvalue weighted by atomic mass is 35.5. The minimum Gasteiger partial charge on any atom is -0.495 e. The largest absolute Gasteiger partial charge is 0.495 e. The topological polar surface area (TPSA) is 96.0 Å². The van der Waals surface area contributed by atoms with Gasteiger partial charge in [0.15, 0.2) is 0 Å². The Kier molecular flexibility index (Phi) is 10.5. The van der Waals surface area contributed by atoms with Gasteiger partial charge in [-0.05, 0) is 54.4 Å². The van der Waals surface area contributed by atoms with Gasteiger partial charge in [-0.1, -0.05) is 66.0 Å². The second kappa shape index (κ2) is 13.4. The van der Waals surface area contributed by atoms with Crippen molar-refractivity contribution in [1.82, 2.24) is 10.2 Å². The van der Waals surface area contributed by atoms with Crippen LogP contribution >= 0.6 is 34.8 Å². The van der Waals surface area contributed by atoms with Gasteiger partial charge in [-0.25, -0.2) is 8.42 Å². The molecule has 8 nitrogen and oxygen atoms in total. The molecule has 0 saturated carbocycles. The number of sulfonamides is 1. The molecule has 12 heteroatoms. The van der Waals surface area contributed by atoms with E-state index in [1.807, 2.05) is 0 Å². The molecule has 3 rings (SSSR count). The number of halogens is 3. The van der Waals surface area contributed by atoms with Crippen LogP contribution in [-0.4, -0.2) is 51.9 Å². The number of hydrogen-bond donors (Lipinski definition) is 1. The quantitative estimate of drug-likeness (QED) is 0.313. The van der Waals surface area contributed by atoms with Crippen molar-refractivity contribution in [3.63, 3.8) is 0 Å². The summed E-state index contributed by atoms with van der Waals surface area (Å²) in [7, 11) is -1.32. The van der Waals surface area contributed by atoms with Gasteiger partial charge in [-0.15, -0.1) is 0 Å². The molecule has 0 saturated heterocycles. The molecule has 1 N–H and O–H groups in total. The summed E-state index contributed by atoms with van der Waals surface area (Å²) < 4.78 is 33.8. The van der Waals surface area contributed by atoms with Crippen molar-refractivity contribution in [3.8, 4) is 5.75 Å². The number of rotatable bonds is 11. The van der Waals surface area contributed by atoms with Gasteiger partial charge >= 0.3 is 0 Å². The lowest BCUT2D eigenvalue weighted by Crippen LogP contribution is -2.51. The lowest BCUT2D eigenvalue weighted by molar-refractivity contribution is -0.140. The van der Waals surface area contributed by atoms with Gasteiger partial charge in [0.2, 0.25) is 11.8 Å². The van der Waals surface area contributed by atoms with Crippen LogP contribution < -0.4 is 14.4 Å². The molecule has 0 aliphatic heterocycles. The van der Waals surface area contributed by atoms with Gasteiger partial charge in [-0.2, -0.15) is 0 Å². The molecule has 208 valence electrons. The molecule has 39 heavy (non-hydrogen) atoms. The zero-order valence-electron chi connectivity index (χ0n) is 21.5. The first-order valence-electron chi connectivity index (χ1n) is 11.9.